The zero-order valence-corrected chi connectivity index (χ0v) is 14.3. The van der Waals surface area contributed by atoms with Gasteiger partial charge in [0.2, 0.25) is 0 Å². The van der Waals surface area contributed by atoms with Crippen LogP contribution in [-0.2, 0) is 0 Å². The van der Waals surface area contributed by atoms with E-state index >= 15 is 0 Å². The first-order chi connectivity index (χ1) is 10.6. The Bertz CT molecular complexity index is 642. The van der Waals surface area contributed by atoms with Gasteiger partial charge in [0.15, 0.2) is 0 Å². The molecule has 6 heteroatoms. The Hall–Kier alpha value is -2.21. The highest BCUT2D eigenvalue weighted by Crippen LogP contribution is 2.17. The van der Waals surface area contributed by atoms with E-state index in [2.05, 4.69) is 31.5 Å². The maximum atomic E-state index is 12.1. The van der Waals surface area contributed by atoms with E-state index in [1.54, 1.807) is 49.8 Å². The van der Waals surface area contributed by atoms with Gasteiger partial charge >= 0.3 is 0 Å². The van der Waals surface area contributed by atoms with Crippen LogP contribution in [0.25, 0.3) is 0 Å². The van der Waals surface area contributed by atoms with Crippen molar-refractivity contribution in [1.29, 1.82) is 0 Å². The van der Waals surface area contributed by atoms with Crippen molar-refractivity contribution in [3.8, 4) is 0 Å². The molecule has 2 aromatic rings. The summed E-state index contributed by atoms with van der Waals surface area (Å²) >= 11 is 3.27. The van der Waals surface area contributed by atoms with Gasteiger partial charge in [0.05, 0.1) is 5.56 Å². The van der Waals surface area contributed by atoms with Gasteiger partial charge in [-0.3, -0.25) is 14.6 Å². The number of benzene rings is 1. The molecule has 116 valence electrons. The summed E-state index contributed by atoms with van der Waals surface area (Å²) < 4.78 is 0.625. The molecule has 0 aliphatic heterocycles. The molecule has 22 heavy (non-hydrogen) atoms. The molecule has 0 atom stereocenters. The normalized spacial score (nSPS) is 9.27. The van der Waals surface area contributed by atoms with Gasteiger partial charge in [-0.1, -0.05) is 13.8 Å². The Kier molecular flexibility index (Phi) is 7.25. The van der Waals surface area contributed by atoms with E-state index in [0.717, 1.165) is 0 Å². The quantitative estimate of drug-likeness (QED) is 0.876. The lowest BCUT2D eigenvalue weighted by molar-refractivity contribution is 0.0962. The van der Waals surface area contributed by atoms with Gasteiger partial charge in [0.1, 0.15) is 0 Å². The Morgan fingerprint density at radius 3 is 2.23 bits per heavy atom. The molecule has 0 saturated heterocycles. The van der Waals surface area contributed by atoms with Gasteiger partial charge in [-0.15, -0.1) is 0 Å². The number of halogens is 1. The summed E-state index contributed by atoms with van der Waals surface area (Å²) in [5, 5.41) is 5.29. The molecule has 5 nitrogen and oxygen atoms in total. The number of carbonyl (C=O) groups is 2. The zero-order valence-electron chi connectivity index (χ0n) is 12.7. The maximum Gasteiger partial charge on any atom is 0.256 e. The molecule has 0 radical (unpaired) electrons. The molecule has 0 bridgehead atoms. The van der Waals surface area contributed by atoms with Gasteiger partial charge in [-0.2, -0.15) is 0 Å². The molecule has 0 spiro atoms. The number of amides is 2. The summed E-state index contributed by atoms with van der Waals surface area (Å²) in [5.41, 5.74) is 1.65. The Morgan fingerprint density at radius 2 is 1.68 bits per heavy atom. The molecule has 1 aromatic carbocycles. The summed E-state index contributed by atoms with van der Waals surface area (Å²) in [4.78, 5) is 27.4. The number of carbonyl (C=O) groups excluding carboxylic acids is 2. The smallest absolute Gasteiger partial charge is 0.256 e. The van der Waals surface area contributed by atoms with Crippen LogP contribution < -0.4 is 10.6 Å². The van der Waals surface area contributed by atoms with Gasteiger partial charge in [-0.25, -0.2) is 0 Å². The zero-order chi connectivity index (χ0) is 16.5. The Labute approximate surface area is 138 Å². The first-order valence-electron chi connectivity index (χ1n) is 6.85. The van der Waals surface area contributed by atoms with E-state index in [4.69, 9.17) is 0 Å². The van der Waals surface area contributed by atoms with Crippen LogP contribution in [0, 0.1) is 0 Å². The molecular formula is C16H18BrN3O2. The third-order valence-electron chi connectivity index (χ3n) is 2.65. The highest BCUT2D eigenvalue weighted by atomic mass is 79.9. The second kappa shape index (κ2) is 8.94. The number of anilines is 1. The average molecular weight is 364 g/mol. The van der Waals surface area contributed by atoms with Crippen molar-refractivity contribution in [2.45, 2.75) is 13.8 Å². The van der Waals surface area contributed by atoms with Crippen molar-refractivity contribution in [3.63, 3.8) is 0 Å². The van der Waals surface area contributed by atoms with E-state index in [1.807, 2.05) is 13.8 Å². The van der Waals surface area contributed by atoms with Crippen LogP contribution in [0.4, 0.5) is 5.69 Å². The van der Waals surface area contributed by atoms with E-state index in [1.165, 1.54) is 0 Å². The lowest BCUT2D eigenvalue weighted by atomic mass is 10.2. The van der Waals surface area contributed by atoms with Crippen molar-refractivity contribution < 1.29 is 9.59 Å². The summed E-state index contributed by atoms with van der Waals surface area (Å²) in [5.74, 6) is -0.410. The second-order valence-corrected chi connectivity index (χ2v) is 4.82. The topological polar surface area (TPSA) is 71.1 Å². The van der Waals surface area contributed by atoms with E-state index in [9.17, 15) is 9.59 Å². The van der Waals surface area contributed by atoms with Crippen molar-refractivity contribution in [2.24, 2.45) is 0 Å². The standard InChI is InChI=1S/C14H12BrN3O2.C2H6/c1-16-13(19)9-2-4-10(5-3-9)18-14(20)11-6-7-17-8-12(11)15;1-2/h2-8H,1H3,(H,16,19)(H,18,20);1-2H3. The SMILES string of the molecule is CC.CNC(=O)c1ccc(NC(=O)c2ccncc2Br)cc1. The van der Waals surface area contributed by atoms with Crippen LogP contribution >= 0.6 is 15.9 Å². The number of nitrogens with one attached hydrogen (secondary N) is 2. The molecule has 0 unspecified atom stereocenters. The van der Waals surface area contributed by atoms with Crippen molar-refractivity contribution in [1.82, 2.24) is 10.3 Å². The first kappa shape index (κ1) is 17.8. The van der Waals surface area contributed by atoms with E-state index in [-0.39, 0.29) is 11.8 Å². The molecule has 2 N–H and O–H groups in total. The predicted octanol–water partition coefficient (Wildman–Crippen LogP) is 3.48. The fourth-order valence-corrected chi connectivity index (χ4v) is 2.04. The minimum absolute atomic E-state index is 0.167. The molecule has 1 aromatic heterocycles. The number of hydrogen-bond donors (Lipinski definition) is 2. The van der Waals surface area contributed by atoms with Crippen LogP contribution in [0.3, 0.4) is 0 Å². The van der Waals surface area contributed by atoms with Crippen LogP contribution in [0.15, 0.2) is 47.2 Å². The third-order valence-corrected chi connectivity index (χ3v) is 3.28. The fraction of sp³-hybridized carbons (Fsp3) is 0.188. The number of pyridine rings is 1. The van der Waals surface area contributed by atoms with Crippen molar-refractivity contribution in [3.05, 3.63) is 58.3 Å². The third kappa shape index (κ3) is 4.66. The van der Waals surface area contributed by atoms with E-state index in [0.29, 0.717) is 21.3 Å². The molecule has 0 aliphatic rings. The maximum absolute atomic E-state index is 12.1. The number of hydrogen-bond acceptors (Lipinski definition) is 3. The summed E-state index contributed by atoms with van der Waals surface area (Å²) in [6.07, 6.45) is 3.11. The summed E-state index contributed by atoms with van der Waals surface area (Å²) in [6.45, 7) is 4.00. The molecule has 0 saturated carbocycles. The number of nitrogens with zero attached hydrogens (tertiary/aromatic N) is 1. The van der Waals surface area contributed by atoms with Crippen LogP contribution in [0.5, 0.6) is 0 Å². The minimum atomic E-state index is -0.244. The van der Waals surface area contributed by atoms with Gasteiger partial charge in [0, 0.05) is 35.2 Å². The largest absolute Gasteiger partial charge is 0.355 e. The molecular weight excluding hydrogens is 346 g/mol. The van der Waals surface area contributed by atoms with Crippen LogP contribution in [0.2, 0.25) is 0 Å². The molecule has 0 aliphatic carbocycles. The number of aromatic nitrogens is 1. The molecule has 1 heterocycles. The van der Waals surface area contributed by atoms with Crippen molar-refractivity contribution >= 4 is 33.4 Å². The number of rotatable bonds is 3. The van der Waals surface area contributed by atoms with Gasteiger partial charge < -0.3 is 10.6 Å². The lowest BCUT2D eigenvalue weighted by Crippen LogP contribution is -2.18. The van der Waals surface area contributed by atoms with Crippen LogP contribution in [0.1, 0.15) is 34.6 Å². The van der Waals surface area contributed by atoms with Gasteiger partial charge in [-0.05, 0) is 46.3 Å². The van der Waals surface area contributed by atoms with Crippen LogP contribution in [-0.4, -0.2) is 23.8 Å². The second-order valence-electron chi connectivity index (χ2n) is 3.97. The van der Waals surface area contributed by atoms with E-state index < -0.39 is 0 Å². The Balaban J connectivity index is 0.00000116. The fourth-order valence-electron chi connectivity index (χ4n) is 1.61. The van der Waals surface area contributed by atoms with Crippen molar-refractivity contribution in [2.75, 3.05) is 12.4 Å². The average Bonchev–Trinajstić information content (AvgIpc) is 2.57. The highest BCUT2D eigenvalue weighted by Gasteiger charge is 2.10. The highest BCUT2D eigenvalue weighted by molar-refractivity contribution is 9.10. The Morgan fingerprint density at radius 1 is 1.05 bits per heavy atom. The molecule has 0 fully saturated rings. The monoisotopic (exact) mass is 363 g/mol. The summed E-state index contributed by atoms with van der Waals surface area (Å²) in [6, 6.07) is 8.28. The first-order valence-corrected chi connectivity index (χ1v) is 7.64. The molecule has 2 rings (SSSR count). The minimum Gasteiger partial charge on any atom is -0.355 e. The molecule has 2 amide bonds. The predicted molar refractivity (Wildman–Crippen MR) is 91.1 cm³/mol. The van der Waals surface area contributed by atoms with Gasteiger partial charge in [0.25, 0.3) is 11.8 Å². The summed E-state index contributed by atoms with van der Waals surface area (Å²) in [7, 11) is 1.57. The lowest BCUT2D eigenvalue weighted by Gasteiger charge is -2.07.